The van der Waals surface area contributed by atoms with Gasteiger partial charge in [0.1, 0.15) is 0 Å². The summed E-state index contributed by atoms with van der Waals surface area (Å²) in [7, 11) is 1.87. The van der Waals surface area contributed by atoms with Crippen molar-refractivity contribution in [2.75, 3.05) is 43.6 Å². The molecule has 3 rings (SSSR count). The Labute approximate surface area is 116 Å². The average Bonchev–Trinajstić information content (AvgIpc) is 2.78. The van der Waals surface area contributed by atoms with Crippen LogP contribution >= 0.6 is 12.2 Å². The molecule has 3 heterocycles. The fourth-order valence-electron chi connectivity index (χ4n) is 2.14. The highest BCUT2D eigenvalue weighted by molar-refractivity contribution is 7.80. The zero-order chi connectivity index (χ0) is 13.4. The highest BCUT2D eigenvalue weighted by Gasteiger charge is 2.25. The van der Waals surface area contributed by atoms with Crippen molar-refractivity contribution in [2.24, 2.45) is 0 Å². The first-order chi connectivity index (χ1) is 9.15. The second kappa shape index (κ2) is 4.91. The van der Waals surface area contributed by atoms with Crippen LogP contribution < -0.4 is 15.6 Å². The van der Waals surface area contributed by atoms with Crippen molar-refractivity contribution in [3.05, 3.63) is 0 Å². The summed E-state index contributed by atoms with van der Waals surface area (Å²) in [6, 6.07) is 0. The molecule has 104 valence electrons. The first kappa shape index (κ1) is 12.6. The second-order valence-electron chi connectivity index (χ2n) is 4.58. The quantitative estimate of drug-likeness (QED) is 0.666. The minimum absolute atomic E-state index is 0.0333. The topological polar surface area (TPSA) is 70.5 Å². The van der Waals surface area contributed by atoms with Crippen LogP contribution in [0.4, 0.5) is 11.9 Å². The van der Waals surface area contributed by atoms with Crippen molar-refractivity contribution in [1.29, 1.82) is 0 Å². The molecule has 0 saturated carbocycles. The van der Waals surface area contributed by atoms with Gasteiger partial charge in [-0.05, 0) is 19.1 Å². The van der Waals surface area contributed by atoms with Crippen LogP contribution in [-0.4, -0.2) is 64.4 Å². The normalized spacial score (nSPS) is 23.9. The van der Waals surface area contributed by atoms with Gasteiger partial charge in [-0.1, -0.05) is 0 Å². The summed E-state index contributed by atoms with van der Waals surface area (Å²) in [6.07, 6.45) is 0.0333. The molecule has 2 N–H and O–H groups in total. The maximum atomic E-state index is 5.38. The Morgan fingerprint density at radius 1 is 1.37 bits per heavy atom. The molecular weight excluding hydrogens is 266 g/mol. The number of morpholine rings is 1. The fourth-order valence-corrected chi connectivity index (χ4v) is 2.32. The van der Waals surface area contributed by atoms with E-state index in [2.05, 4.69) is 25.7 Å². The molecular formula is C10H17N7OS. The lowest BCUT2D eigenvalue weighted by Crippen LogP contribution is -2.46. The number of hydrogen-bond donors (Lipinski definition) is 2. The smallest absolute Gasteiger partial charge is 0.247 e. The van der Waals surface area contributed by atoms with Crippen LogP contribution in [0.25, 0.3) is 0 Å². The number of anilines is 2. The number of hydrogen-bond acceptors (Lipinski definition) is 7. The molecule has 1 unspecified atom stereocenters. The van der Waals surface area contributed by atoms with E-state index >= 15 is 0 Å². The molecule has 1 aromatic heterocycles. The van der Waals surface area contributed by atoms with Gasteiger partial charge in [-0.3, -0.25) is 5.01 Å². The lowest BCUT2D eigenvalue weighted by Gasteiger charge is -2.25. The number of rotatable bonds is 1. The molecule has 8 nitrogen and oxygen atoms in total. The van der Waals surface area contributed by atoms with E-state index in [-0.39, 0.29) is 6.17 Å². The third-order valence-corrected chi connectivity index (χ3v) is 3.54. The first-order valence-corrected chi connectivity index (χ1v) is 6.66. The van der Waals surface area contributed by atoms with Crippen LogP contribution in [-0.2, 0) is 4.74 Å². The maximum absolute atomic E-state index is 5.38. The summed E-state index contributed by atoms with van der Waals surface area (Å²) in [6.45, 7) is 5.02. The maximum Gasteiger partial charge on any atom is 0.247 e. The van der Waals surface area contributed by atoms with Gasteiger partial charge >= 0.3 is 0 Å². The lowest BCUT2D eigenvalue weighted by molar-refractivity contribution is 0.122. The number of nitrogens with one attached hydrogen (secondary N) is 2. The van der Waals surface area contributed by atoms with Gasteiger partial charge in [0.2, 0.25) is 17.0 Å². The summed E-state index contributed by atoms with van der Waals surface area (Å²) >= 11 is 5.38. The Bertz CT molecular complexity index is 484. The van der Waals surface area contributed by atoms with E-state index in [0.717, 1.165) is 13.1 Å². The van der Waals surface area contributed by atoms with Crippen molar-refractivity contribution in [1.82, 2.24) is 25.2 Å². The number of aromatic nitrogens is 3. The molecule has 1 fully saturated rings. The summed E-state index contributed by atoms with van der Waals surface area (Å²) < 4.78 is 6.98. The van der Waals surface area contributed by atoms with E-state index < -0.39 is 0 Å². The zero-order valence-electron chi connectivity index (χ0n) is 11.0. The van der Waals surface area contributed by atoms with Crippen molar-refractivity contribution in [2.45, 2.75) is 13.1 Å². The molecule has 1 aromatic rings. The number of thiocarbonyl (C=S) groups is 1. The van der Waals surface area contributed by atoms with Crippen molar-refractivity contribution in [3.8, 4) is 0 Å². The van der Waals surface area contributed by atoms with Gasteiger partial charge in [-0.2, -0.15) is 9.67 Å². The average molecular weight is 283 g/mol. The van der Waals surface area contributed by atoms with E-state index in [1.807, 2.05) is 14.0 Å². The molecule has 9 heteroatoms. The fraction of sp³-hybridized carbons (Fsp3) is 0.700. The van der Waals surface area contributed by atoms with Gasteiger partial charge in [0.25, 0.3) is 0 Å². The number of fused-ring (bicyclic) bond motifs is 1. The largest absolute Gasteiger partial charge is 0.378 e. The summed E-state index contributed by atoms with van der Waals surface area (Å²) in [5, 5.41) is 10.1. The van der Waals surface area contributed by atoms with Crippen molar-refractivity contribution >= 4 is 29.2 Å². The third-order valence-electron chi connectivity index (χ3n) is 3.09. The van der Waals surface area contributed by atoms with Gasteiger partial charge in [-0.25, -0.2) is 5.43 Å². The van der Waals surface area contributed by atoms with E-state index in [4.69, 9.17) is 17.0 Å². The Kier molecular flexibility index (Phi) is 3.25. The molecule has 0 aromatic carbocycles. The molecule has 1 atom stereocenters. The monoisotopic (exact) mass is 283 g/mol. The lowest BCUT2D eigenvalue weighted by atomic mass is 10.4. The van der Waals surface area contributed by atoms with Gasteiger partial charge in [-0.15, -0.1) is 5.10 Å². The Balaban J connectivity index is 1.90. The van der Waals surface area contributed by atoms with E-state index in [1.54, 1.807) is 9.69 Å². The van der Waals surface area contributed by atoms with Crippen LogP contribution in [0.3, 0.4) is 0 Å². The van der Waals surface area contributed by atoms with Crippen LogP contribution in [0.5, 0.6) is 0 Å². The summed E-state index contributed by atoms with van der Waals surface area (Å²) in [4.78, 5) is 6.63. The van der Waals surface area contributed by atoms with Crippen molar-refractivity contribution < 1.29 is 4.74 Å². The predicted molar refractivity (Wildman–Crippen MR) is 75.0 cm³/mol. The predicted octanol–water partition coefficient (Wildman–Crippen LogP) is -0.544. The van der Waals surface area contributed by atoms with Crippen LogP contribution in [0.1, 0.15) is 6.92 Å². The zero-order valence-corrected chi connectivity index (χ0v) is 11.8. The number of nitrogens with zero attached hydrogens (tertiary/aromatic N) is 5. The minimum atomic E-state index is 0.0333. The molecule has 0 bridgehead atoms. The first-order valence-electron chi connectivity index (χ1n) is 6.25. The molecule has 2 aliphatic heterocycles. The van der Waals surface area contributed by atoms with Gasteiger partial charge in [0, 0.05) is 20.1 Å². The molecule has 19 heavy (non-hydrogen) atoms. The SMILES string of the molecule is CC1Nc2nc(N3CCOCC3)nn2C(=S)N(C)N1. The van der Waals surface area contributed by atoms with Gasteiger partial charge in [0.15, 0.2) is 0 Å². The third kappa shape index (κ3) is 2.36. The molecule has 1 saturated heterocycles. The van der Waals surface area contributed by atoms with E-state index in [1.165, 1.54) is 0 Å². The van der Waals surface area contributed by atoms with Crippen molar-refractivity contribution in [3.63, 3.8) is 0 Å². The Morgan fingerprint density at radius 2 is 2.11 bits per heavy atom. The molecule has 0 aliphatic carbocycles. The minimum Gasteiger partial charge on any atom is -0.378 e. The van der Waals surface area contributed by atoms with Gasteiger partial charge in [0.05, 0.1) is 19.4 Å². The summed E-state index contributed by atoms with van der Waals surface area (Å²) in [5.74, 6) is 1.35. The Hall–Kier alpha value is -1.45. The van der Waals surface area contributed by atoms with Gasteiger partial charge < -0.3 is 15.0 Å². The molecule has 0 amide bonds. The van der Waals surface area contributed by atoms with E-state index in [0.29, 0.717) is 30.2 Å². The standard InChI is InChI=1S/C10H17N7OS/c1-7-11-8-12-9(16-3-5-18-6-4-16)14-17(8)10(19)15(2)13-7/h7,13H,3-6H2,1-2H3,(H,11,12,14). The second-order valence-corrected chi connectivity index (χ2v) is 4.95. The molecule has 2 aliphatic rings. The highest BCUT2D eigenvalue weighted by Crippen LogP contribution is 2.17. The number of hydrazine groups is 1. The molecule has 0 spiro atoms. The highest BCUT2D eigenvalue weighted by atomic mass is 32.1. The molecule has 0 radical (unpaired) electrons. The van der Waals surface area contributed by atoms with E-state index in [9.17, 15) is 0 Å². The summed E-state index contributed by atoms with van der Waals surface area (Å²) in [5.41, 5.74) is 3.17. The Morgan fingerprint density at radius 3 is 2.84 bits per heavy atom. The van der Waals surface area contributed by atoms with Crippen LogP contribution in [0, 0.1) is 0 Å². The van der Waals surface area contributed by atoms with Crippen LogP contribution in [0.2, 0.25) is 0 Å². The number of ether oxygens (including phenoxy) is 1. The van der Waals surface area contributed by atoms with Crippen LogP contribution in [0.15, 0.2) is 0 Å².